The van der Waals surface area contributed by atoms with Crippen LogP contribution in [0.3, 0.4) is 0 Å². The van der Waals surface area contributed by atoms with E-state index in [9.17, 15) is 5.11 Å². The molecule has 0 atom stereocenters. The Labute approximate surface area is 107 Å². The minimum atomic E-state index is -0.157. The van der Waals surface area contributed by atoms with Crippen LogP contribution in [-0.2, 0) is 0 Å². The van der Waals surface area contributed by atoms with Crippen LogP contribution in [0.5, 0.6) is 0 Å². The molecule has 4 nitrogen and oxygen atoms in total. The molecule has 1 heterocycles. The molecule has 0 saturated carbocycles. The third-order valence-electron chi connectivity index (χ3n) is 3.04. The lowest BCUT2D eigenvalue weighted by molar-refractivity contribution is 0.171. The van der Waals surface area contributed by atoms with Gasteiger partial charge >= 0.3 is 0 Å². The maximum Gasteiger partial charge on any atom is 0.0498 e. The lowest BCUT2D eigenvalue weighted by Crippen LogP contribution is -2.26. The summed E-state index contributed by atoms with van der Waals surface area (Å²) in [5.74, 6) is 0. The third kappa shape index (κ3) is 2.54. The van der Waals surface area contributed by atoms with Gasteiger partial charge in [0, 0.05) is 53.1 Å². The van der Waals surface area contributed by atoms with E-state index in [2.05, 4.69) is 10.3 Å². The Bertz CT molecular complexity index is 552. The van der Waals surface area contributed by atoms with Crippen LogP contribution in [0, 0.1) is 5.41 Å². The number of hydrogen-bond donors (Lipinski definition) is 3. The van der Waals surface area contributed by atoms with E-state index in [-0.39, 0.29) is 12.0 Å². The van der Waals surface area contributed by atoms with Gasteiger partial charge in [0.2, 0.25) is 0 Å². The van der Waals surface area contributed by atoms with Crippen LogP contribution in [0.1, 0.15) is 13.8 Å². The molecule has 0 fully saturated rings. The zero-order chi connectivity index (χ0) is 13.2. The van der Waals surface area contributed by atoms with E-state index in [1.54, 1.807) is 12.4 Å². The summed E-state index contributed by atoms with van der Waals surface area (Å²) in [6.07, 6.45) is 3.54. The minimum absolute atomic E-state index is 0.144. The number of nitrogens with one attached hydrogen (secondary N) is 1. The Morgan fingerprint density at radius 2 is 2.06 bits per heavy atom. The van der Waals surface area contributed by atoms with E-state index in [1.807, 2.05) is 32.0 Å². The molecule has 1 aromatic heterocycles. The third-order valence-corrected chi connectivity index (χ3v) is 3.04. The topological polar surface area (TPSA) is 71.2 Å². The van der Waals surface area contributed by atoms with Crippen LogP contribution >= 0.6 is 0 Å². The zero-order valence-corrected chi connectivity index (χ0v) is 10.8. The molecule has 96 valence electrons. The number of rotatable bonds is 4. The van der Waals surface area contributed by atoms with Crippen LogP contribution in [0.15, 0.2) is 30.6 Å². The minimum Gasteiger partial charge on any atom is -0.398 e. The summed E-state index contributed by atoms with van der Waals surface area (Å²) in [7, 11) is 0. The van der Waals surface area contributed by atoms with Crippen molar-refractivity contribution in [1.29, 1.82) is 0 Å². The number of aliphatic hydroxyl groups excluding tert-OH is 1. The van der Waals surface area contributed by atoms with Crippen LogP contribution in [-0.4, -0.2) is 23.2 Å². The van der Waals surface area contributed by atoms with Crippen molar-refractivity contribution in [2.75, 3.05) is 24.2 Å². The molecular weight excluding hydrogens is 226 g/mol. The van der Waals surface area contributed by atoms with Crippen LogP contribution in [0.2, 0.25) is 0 Å². The van der Waals surface area contributed by atoms with Crippen LogP contribution in [0.25, 0.3) is 10.8 Å². The van der Waals surface area contributed by atoms with E-state index in [0.29, 0.717) is 6.54 Å². The first-order valence-corrected chi connectivity index (χ1v) is 6.00. The van der Waals surface area contributed by atoms with E-state index in [0.717, 1.165) is 22.1 Å². The van der Waals surface area contributed by atoms with Gasteiger partial charge in [-0.05, 0) is 18.2 Å². The van der Waals surface area contributed by atoms with Crippen LogP contribution < -0.4 is 11.1 Å². The van der Waals surface area contributed by atoms with Crippen molar-refractivity contribution in [3.8, 4) is 0 Å². The first-order chi connectivity index (χ1) is 8.53. The van der Waals surface area contributed by atoms with Crippen molar-refractivity contribution in [3.63, 3.8) is 0 Å². The molecule has 0 aliphatic carbocycles. The Hall–Kier alpha value is -1.81. The van der Waals surface area contributed by atoms with Gasteiger partial charge in [0.1, 0.15) is 0 Å². The van der Waals surface area contributed by atoms with Gasteiger partial charge in [-0.15, -0.1) is 0 Å². The normalized spacial score (nSPS) is 11.7. The molecule has 0 aliphatic heterocycles. The Morgan fingerprint density at radius 1 is 1.28 bits per heavy atom. The molecule has 0 aliphatic rings. The summed E-state index contributed by atoms with van der Waals surface area (Å²) >= 11 is 0. The highest BCUT2D eigenvalue weighted by atomic mass is 16.3. The predicted molar refractivity (Wildman–Crippen MR) is 75.5 cm³/mol. The molecule has 4 N–H and O–H groups in total. The fourth-order valence-corrected chi connectivity index (χ4v) is 1.76. The summed E-state index contributed by atoms with van der Waals surface area (Å²) in [6.45, 7) is 4.86. The molecule has 0 unspecified atom stereocenters. The maximum absolute atomic E-state index is 9.26. The van der Waals surface area contributed by atoms with Gasteiger partial charge in [-0.1, -0.05) is 13.8 Å². The lowest BCUT2D eigenvalue weighted by atomic mass is 9.94. The Morgan fingerprint density at radius 3 is 2.78 bits per heavy atom. The number of anilines is 2. The molecule has 0 spiro atoms. The average Bonchev–Trinajstić information content (AvgIpc) is 2.38. The fraction of sp³-hybridized carbons (Fsp3) is 0.357. The zero-order valence-electron chi connectivity index (χ0n) is 10.8. The van der Waals surface area contributed by atoms with Crippen molar-refractivity contribution in [1.82, 2.24) is 4.98 Å². The van der Waals surface area contributed by atoms with Crippen molar-refractivity contribution in [2.45, 2.75) is 13.8 Å². The second-order valence-electron chi connectivity index (χ2n) is 5.30. The predicted octanol–water partition coefficient (Wildman–Crippen LogP) is 2.25. The van der Waals surface area contributed by atoms with Gasteiger partial charge in [0.25, 0.3) is 0 Å². The Balaban J connectivity index is 2.32. The molecule has 0 bridgehead atoms. The number of fused-ring (bicyclic) bond motifs is 1. The molecule has 1 aromatic carbocycles. The van der Waals surface area contributed by atoms with Gasteiger partial charge in [0.05, 0.1) is 0 Å². The summed E-state index contributed by atoms with van der Waals surface area (Å²) in [6, 6.07) is 5.75. The number of aromatic nitrogens is 1. The van der Waals surface area contributed by atoms with Gasteiger partial charge in [-0.2, -0.15) is 0 Å². The van der Waals surface area contributed by atoms with E-state index in [4.69, 9.17) is 5.73 Å². The average molecular weight is 245 g/mol. The number of pyridine rings is 1. The summed E-state index contributed by atoms with van der Waals surface area (Å²) in [4.78, 5) is 4.13. The summed E-state index contributed by atoms with van der Waals surface area (Å²) < 4.78 is 0. The van der Waals surface area contributed by atoms with Crippen molar-refractivity contribution < 1.29 is 5.11 Å². The molecular formula is C14H19N3O. The molecule has 2 rings (SSSR count). The van der Waals surface area contributed by atoms with Gasteiger partial charge in [-0.25, -0.2) is 0 Å². The van der Waals surface area contributed by atoms with E-state index in [1.165, 1.54) is 0 Å². The number of nitrogens with two attached hydrogens (primary N) is 1. The number of aliphatic hydroxyl groups is 1. The van der Waals surface area contributed by atoms with Crippen molar-refractivity contribution in [2.24, 2.45) is 5.41 Å². The molecule has 18 heavy (non-hydrogen) atoms. The van der Waals surface area contributed by atoms with Crippen molar-refractivity contribution in [3.05, 3.63) is 30.6 Å². The van der Waals surface area contributed by atoms with E-state index < -0.39 is 0 Å². The largest absolute Gasteiger partial charge is 0.398 e. The maximum atomic E-state index is 9.26. The highest BCUT2D eigenvalue weighted by Crippen LogP contribution is 2.28. The second kappa shape index (κ2) is 4.82. The summed E-state index contributed by atoms with van der Waals surface area (Å²) in [5.41, 5.74) is 7.52. The second-order valence-corrected chi connectivity index (χ2v) is 5.30. The molecule has 4 heteroatoms. The number of hydrogen-bond acceptors (Lipinski definition) is 4. The molecule has 0 amide bonds. The smallest absolute Gasteiger partial charge is 0.0498 e. The van der Waals surface area contributed by atoms with Crippen molar-refractivity contribution >= 4 is 22.1 Å². The SMILES string of the molecule is CC(C)(CO)CNc1ccc(N)c2ccncc12. The number of nitrogens with zero attached hydrogens (tertiary/aromatic N) is 1. The van der Waals surface area contributed by atoms with Crippen LogP contribution in [0.4, 0.5) is 11.4 Å². The molecule has 0 radical (unpaired) electrons. The van der Waals surface area contributed by atoms with E-state index >= 15 is 0 Å². The monoisotopic (exact) mass is 245 g/mol. The number of benzene rings is 1. The molecule has 2 aromatic rings. The first kappa shape index (κ1) is 12.6. The fourth-order valence-electron chi connectivity index (χ4n) is 1.76. The summed E-state index contributed by atoms with van der Waals surface area (Å²) in [5, 5.41) is 14.6. The quantitative estimate of drug-likeness (QED) is 0.722. The highest BCUT2D eigenvalue weighted by Gasteiger charge is 2.16. The first-order valence-electron chi connectivity index (χ1n) is 6.00. The lowest BCUT2D eigenvalue weighted by Gasteiger charge is -2.23. The van der Waals surface area contributed by atoms with Gasteiger partial charge < -0.3 is 16.2 Å². The standard InChI is InChI=1S/C14H19N3O/c1-14(2,9-18)8-17-13-4-3-12(15)10-5-6-16-7-11(10)13/h3-7,17-18H,8-9,15H2,1-2H3. The molecule has 0 saturated heterocycles. The number of nitrogen functional groups attached to an aromatic ring is 1. The highest BCUT2D eigenvalue weighted by molar-refractivity contribution is 6.00. The Kier molecular flexibility index (Phi) is 3.39. The van der Waals surface area contributed by atoms with Gasteiger partial charge in [0.15, 0.2) is 0 Å². The van der Waals surface area contributed by atoms with Gasteiger partial charge in [-0.3, -0.25) is 4.98 Å².